The lowest BCUT2D eigenvalue weighted by molar-refractivity contribution is 0.294. The van der Waals surface area contributed by atoms with Gasteiger partial charge in [-0.25, -0.2) is 0 Å². The van der Waals surface area contributed by atoms with Crippen molar-refractivity contribution in [2.45, 2.75) is 13.0 Å². The summed E-state index contributed by atoms with van der Waals surface area (Å²) in [7, 11) is 7.94. The van der Waals surface area contributed by atoms with Gasteiger partial charge in [-0.15, -0.1) is 0 Å². The first-order chi connectivity index (χ1) is 9.43. The number of nitrogens with two attached hydrogens (primary N) is 1. The van der Waals surface area contributed by atoms with Crippen LogP contribution in [0.15, 0.2) is 18.2 Å². The van der Waals surface area contributed by atoms with Gasteiger partial charge >= 0.3 is 0 Å². The first-order valence-corrected chi connectivity index (χ1v) is 7.15. The van der Waals surface area contributed by atoms with Crippen LogP contribution in [0.1, 0.15) is 17.5 Å². The molecule has 0 aliphatic carbocycles. The van der Waals surface area contributed by atoms with Crippen molar-refractivity contribution < 1.29 is 4.74 Å². The summed E-state index contributed by atoms with van der Waals surface area (Å²) in [6.45, 7) is 3.05. The Labute approximate surface area is 127 Å². The zero-order valence-corrected chi connectivity index (χ0v) is 13.7. The maximum atomic E-state index is 5.74. The van der Waals surface area contributed by atoms with E-state index in [9.17, 15) is 0 Å². The molecule has 0 unspecified atom stereocenters. The Morgan fingerprint density at radius 1 is 1.25 bits per heavy atom. The van der Waals surface area contributed by atoms with Crippen LogP contribution < -0.4 is 10.5 Å². The monoisotopic (exact) mass is 295 g/mol. The van der Waals surface area contributed by atoms with Crippen molar-refractivity contribution in [3.05, 3.63) is 29.3 Å². The Morgan fingerprint density at radius 2 is 1.95 bits per heavy atom. The average molecular weight is 295 g/mol. The molecule has 5 heteroatoms. The van der Waals surface area contributed by atoms with E-state index in [1.165, 1.54) is 5.56 Å². The zero-order chi connectivity index (χ0) is 15.1. The van der Waals surface area contributed by atoms with Crippen LogP contribution in [0.2, 0.25) is 0 Å². The minimum Gasteiger partial charge on any atom is -0.496 e. The predicted octanol–water partition coefficient (Wildman–Crippen LogP) is 1.71. The molecule has 1 rings (SSSR count). The predicted molar refractivity (Wildman–Crippen MR) is 88.4 cm³/mol. The highest BCUT2D eigenvalue weighted by Gasteiger charge is 2.08. The summed E-state index contributed by atoms with van der Waals surface area (Å²) in [6.07, 6.45) is 1.15. The quantitative estimate of drug-likeness (QED) is 0.740. The molecule has 112 valence electrons. The Bertz CT molecular complexity index is 449. The molecule has 0 saturated heterocycles. The fourth-order valence-corrected chi connectivity index (χ4v) is 2.25. The van der Waals surface area contributed by atoms with E-state index < -0.39 is 0 Å². The van der Waals surface area contributed by atoms with E-state index in [2.05, 4.69) is 37.0 Å². The van der Waals surface area contributed by atoms with Crippen LogP contribution in [-0.4, -0.2) is 56.1 Å². The number of methoxy groups -OCH3 is 1. The van der Waals surface area contributed by atoms with Crippen LogP contribution in [-0.2, 0) is 6.54 Å². The van der Waals surface area contributed by atoms with Crippen LogP contribution in [0.5, 0.6) is 5.75 Å². The number of rotatable bonds is 8. The highest BCUT2D eigenvalue weighted by molar-refractivity contribution is 7.80. The van der Waals surface area contributed by atoms with Gasteiger partial charge in [-0.2, -0.15) is 0 Å². The minimum atomic E-state index is 0.374. The maximum absolute atomic E-state index is 5.74. The summed E-state index contributed by atoms with van der Waals surface area (Å²) in [5, 5.41) is 0. The standard InChI is InChI=1S/C15H25N3OS/c1-17(2)8-5-9-18(3)11-12-6-7-14(19-4)13(10-12)15(16)20/h6-7,10H,5,8-9,11H2,1-4H3,(H2,16,20). The van der Waals surface area contributed by atoms with E-state index in [0.717, 1.165) is 37.4 Å². The number of hydrogen-bond acceptors (Lipinski definition) is 4. The maximum Gasteiger partial charge on any atom is 0.129 e. The largest absolute Gasteiger partial charge is 0.496 e. The molecule has 0 amide bonds. The molecule has 4 nitrogen and oxygen atoms in total. The SMILES string of the molecule is COc1ccc(CN(C)CCCN(C)C)cc1C(N)=S. The highest BCUT2D eigenvalue weighted by Crippen LogP contribution is 2.20. The van der Waals surface area contributed by atoms with Crippen molar-refractivity contribution in [1.82, 2.24) is 9.80 Å². The average Bonchev–Trinajstić information content (AvgIpc) is 2.38. The van der Waals surface area contributed by atoms with E-state index in [0.29, 0.717) is 4.99 Å². The second-order valence-corrected chi connectivity index (χ2v) is 5.73. The third kappa shape index (κ3) is 5.45. The van der Waals surface area contributed by atoms with E-state index in [-0.39, 0.29) is 0 Å². The van der Waals surface area contributed by atoms with Gasteiger partial charge in [0.05, 0.1) is 12.7 Å². The van der Waals surface area contributed by atoms with Crippen LogP contribution in [0.25, 0.3) is 0 Å². The molecule has 1 aromatic rings. The van der Waals surface area contributed by atoms with Crippen LogP contribution in [0.3, 0.4) is 0 Å². The van der Waals surface area contributed by atoms with Crippen LogP contribution in [0, 0.1) is 0 Å². The van der Waals surface area contributed by atoms with Gasteiger partial charge in [0.1, 0.15) is 10.7 Å². The van der Waals surface area contributed by atoms with E-state index in [1.807, 2.05) is 12.1 Å². The number of nitrogens with zero attached hydrogens (tertiary/aromatic N) is 2. The lowest BCUT2D eigenvalue weighted by atomic mass is 10.1. The molecule has 20 heavy (non-hydrogen) atoms. The Balaban J connectivity index is 2.63. The summed E-state index contributed by atoms with van der Waals surface area (Å²) in [6, 6.07) is 6.00. The smallest absolute Gasteiger partial charge is 0.129 e. The van der Waals surface area contributed by atoms with Crippen molar-refractivity contribution in [3.63, 3.8) is 0 Å². The number of hydrogen-bond donors (Lipinski definition) is 1. The van der Waals surface area contributed by atoms with Gasteiger partial charge in [-0.3, -0.25) is 0 Å². The summed E-state index contributed by atoms with van der Waals surface area (Å²) in [5.41, 5.74) is 7.74. The van der Waals surface area contributed by atoms with Crippen molar-refractivity contribution in [2.75, 3.05) is 41.3 Å². The molecule has 0 spiro atoms. The summed E-state index contributed by atoms with van der Waals surface area (Å²) in [5.74, 6) is 0.733. The number of benzene rings is 1. The first kappa shape index (κ1) is 16.9. The molecule has 2 N–H and O–H groups in total. The van der Waals surface area contributed by atoms with Gasteiger partial charge in [0, 0.05) is 6.54 Å². The molecule has 0 radical (unpaired) electrons. The van der Waals surface area contributed by atoms with Gasteiger partial charge < -0.3 is 20.3 Å². The highest BCUT2D eigenvalue weighted by atomic mass is 32.1. The normalized spacial score (nSPS) is 11.1. The number of thiocarbonyl (C=S) groups is 1. The molecule has 0 heterocycles. The molecule has 0 aromatic heterocycles. The molecule has 0 saturated carbocycles. The van der Waals surface area contributed by atoms with E-state index >= 15 is 0 Å². The molecule has 0 aliphatic heterocycles. The number of ether oxygens (including phenoxy) is 1. The third-order valence-electron chi connectivity index (χ3n) is 3.13. The second-order valence-electron chi connectivity index (χ2n) is 5.29. The lowest BCUT2D eigenvalue weighted by Gasteiger charge is -2.19. The molecular weight excluding hydrogens is 270 g/mol. The Morgan fingerprint density at radius 3 is 2.50 bits per heavy atom. The Kier molecular flexibility index (Phi) is 6.91. The van der Waals surface area contributed by atoms with Gasteiger partial charge in [-0.05, 0) is 58.3 Å². The molecular formula is C15H25N3OS. The van der Waals surface area contributed by atoms with Crippen LogP contribution >= 0.6 is 12.2 Å². The van der Waals surface area contributed by atoms with Gasteiger partial charge in [0.25, 0.3) is 0 Å². The zero-order valence-electron chi connectivity index (χ0n) is 12.8. The molecule has 0 fully saturated rings. The van der Waals surface area contributed by atoms with Crippen molar-refractivity contribution in [2.24, 2.45) is 5.73 Å². The Hall–Kier alpha value is -1.17. The van der Waals surface area contributed by atoms with Crippen molar-refractivity contribution in [1.29, 1.82) is 0 Å². The van der Waals surface area contributed by atoms with Gasteiger partial charge in [0.2, 0.25) is 0 Å². The summed E-state index contributed by atoms with van der Waals surface area (Å²) >= 11 is 5.07. The first-order valence-electron chi connectivity index (χ1n) is 6.74. The minimum absolute atomic E-state index is 0.374. The van der Waals surface area contributed by atoms with E-state index in [1.54, 1.807) is 7.11 Å². The topological polar surface area (TPSA) is 41.7 Å². The lowest BCUT2D eigenvalue weighted by Crippen LogP contribution is -2.23. The summed E-state index contributed by atoms with van der Waals surface area (Å²) < 4.78 is 5.27. The molecule has 0 bridgehead atoms. The van der Waals surface area contributed by atoms with Crippen LogP contribution in [0.4, 0.5) is 0 Å². The van der Waals surface area contributed by atoms with Crippen molar-refractivity contribution in [3.8, 4) is 5.75 Å². The van der Waals surface area contributed by atoms with E-state index in [4.69, 9.17) is 22.7 Å². The molecule has 0 aliphatic rings. The third-order valence-corrected chi connectivity index (χ3v) is 3.35. The second kappa shape index (κ2) is 8.19. The van der Waals surface area contributed by atoms with Gasteiger partial charge in [0.15, 0.2) is 0 Å². The fourth-order valence-electron chi connectivity index (χ4n) is 2.09. The molecule has 1 aromatic carbocycles. The van der Waals surface area contributed by atoms with Gasteiger partial charge in [-0.1, -0.05) is 18.3 Å². The van der Waals surface area contributed by atoms with Crippen molar-refractivity contribution >= 4 is 17.2 Å². The fraction of sp³-hybridized carbons (Fsp3) is 0.533. The molecule has 0 atom stereocenters. The summed E-state index contributed by atoms with van der Waals surface area (Å²) in [4.78, 5) is 4.87.